The first-order valence-corrected chi connectivity index (χ1v) is 15.2. The van der Waals surface area contributed by atoms with Gasteiger partial charge in [-0.3, -0.25) is 14.9 Å². The van der Waals surface area contributed by atoms with E-state index in [0.29, 0.717) is 24.9 Å². The SMILES string of the molecule is C=C[C@H]1C[C@@]1(NC(=O)[C@@H]1C[C@@H]2CN1C(=O)[C@H](CCCC)NC(=O)OCCCCCCc1ccccc1NC(=O)O2)C(=O)O. The average Bonchev–Trinajstić information content (AvgIpc) is 3.54. The van der Waals surface area contributed by atoms with Gasteiger partial charge in [0.25, 0.3) is 0 Å². The average molecular weight is 599 g/mol. The number of nitrogens with one attached hydrogen (secondary N) is 3. The third-order valence-corrected chi connectivity index (χ3v) is 8.41. The normalized spacial score (nSPS) is 28.4. The number of unbranched alkanes of at least 4 members (excludes halogenated alkanes) is 1. The molecule has 5 atom stereocenters. The van der Waals surface area contributed by atoms with E-state index in [-0.39, 0.29) is 26.0 Å². The van der Waals surface area contributed by atoms with Gasteiger partial charge in [-0.15, -0.1) is 6.58 Å². The van der Waals surface area contributed by atoms with Crippen LogP contribution in [0.4, 0.5) is 15.3 Å². The number of fused-ring (bicyclic) bond motifs is 3. The Morgan fingerprint density at radius 2 is 1.93 bits per heavy atom. The zero-order valence-electron chi connectivity index (χ0n) is 24.6. The number of alkyl carbamates (subject to hydrolysis) is 1. The molecule has 0 spiro atoms. The molecule has 4 amide bonds. The van der Waals surface area contributed by atoms with Crippen molar-refractivity contribution in [2.75, 3.05) is 18.5 Å². The number of aliphatic carboxylic acids is 1. The third-order valence-electron chi connectivity index (χ3n) is 8.41. The van der Waals surface area contributed by atoms with Gasteiger partial charge in [0, 0.05) is 18.0 Å². The van der Waals surface area contributed by atoms with Crippen molar-refractivity contribution in [2.24, 2.45) is 5.92 Å². The second-order valence-corrected chi connectivity index (χ2v) is 11.5. The highest BCUT2D eigenvalue weighted by atomic mass is 16.6. The number of carboxylic acid groups (broad SMARTS) is 1. The van der Waals surface area contributed by atoms with Crippen LogP contribution in [0.1, 0.15) is 70.3 Å². The molecule has 12 nitrogen and oxygen atoms in total. The van der Waals surface area contributed by atoms with Crippen LogP contribution in [0.5, 0.6) is 0 Å². The molecule has 0 unspecified atom stereocenters. The summed E-state index contributed by atoms with van der Waals surface area (Å²) in [5, 5.41) is 17.9. The molecule has 2 fully saturated rings. The molecule has 1 saturated carbocycles. The molecule has 2 aliphatic heterocycles. The first kappa shape index (κ1) is 31.8. The van der Waals surface area contributed by atoms with E-state index in [2.05, 4.69) is 22.5 Å². The van der Waals surface area contributed by atoms with E-state index >= 15 is 0 Å². The summed E-state index contributed by atoms with van der Waals surface area (Å²) in [6.45, 7) is 5.72. The minimum atomic E-state index is -1.50. The molecule has 2 bridgehead atoms. The lowest BCUT2D eigenvalue weighted by Crippen LogP contribution is -2.56. The van der Waals surface area contributed by atoms with Gasteiger partial charge in [-0.25, -0.2) is 14.4 Å². The van der Waals surface area contributed by atoms with Crippen LogP contribution < -0.4 is 16.0 Å². The Morgan fingerprint density at radius 3 is 2.65 bits per heavy atom. The summed E-state index contributed by atoms with van der Waals surface area (Å²) in [5.74, 6) is -2.83. The summed E-state index contributed by atoms with van der Waals surface area (Å²) in [6, 6.07) is 5.35. The molecule has 3 aliphatic rings. The number of amides is 4. The van der Waals surface area contributed by atoms with Crippen LogP contribution in [0.25, 0.3) is 0 Å². The zero-order chi connectivity index (χ0) is 31.0. The summed E-state index contributed by atoms with van der Waals surface area (Å²) in [5.41, 5.74) is 0.0748. The molecule has 1 aromatic rings. The van der Waals surface area contributed by atoms with Gasteiger partial charge < -0.3 is 30.1 Å². The molecule has 1 aliphatic carbocycles. The predicted octanol–water partition coefficient (Wildman–Crippen LogP) is 3.75. The molecular formula is C31H42N4O8. The highest BCUT2D eigenvalue weighted by Crippen LogP contribution is 2.45. The van der Waals surface area contributed by atoms with Crippen molar-refractivity contribution in [3.63, 3.8) is 0 Å². The van der Waals surface area contributed by atoms with Crippen molar-refractivity contribution in [2.45, 2.75) is 94.9 Å². The first-order valence-electron chi connectivity index (χ1n) is 15.2. The second kappa shape index (κ2) is 14.4. The molecule has 234 valence electrons. The number of anilines is 1. The minimum Gasteiger partial charge on any atom is -0.479 e. The number of para-hydroxylation sites is 1. The molecular weight excluding hydrogens is 556 g/mol. The second-order valence-electron chi connectivity index (χ2n) is 11.5. The largest absolute Gasteiger partial charge is 0.479 e. The highest BCUT2D eigenvalue weighted by molar-refractivity contribution is 5.96. The number of benzene rings is 1. The monoisotopic (exact) mass is 598 g/mol. The highest BCUT2D eigenvalue weighted by Gasteiger charge is 2.61. The van der Waals surface area contributed by atoms with E-state index < -0.39 is 59.6 Å². The number of rotatable bonds is 7. The topological polar surface area (TPSA) is 163 Å². The van der Waals surface area contributed by atoms with Gasteiger partial charge in [0.1, 0.15) is 23.7 Å². The van der Waals surface area contributed by atoms with Gasteiger partial charge in [0.2, 0.25) is 11.8 Å². The Kier molecular flexibility index (Phi) is 10.7. The van der Waals surface area contributed by atoms with Crippen molar-refractivity contribution < 1.29 is 38.6 Å². The van der Waals surface area contributed by atoms with Gasteiger partial charge in [-0.2, -0.15) is 0 Å². The molecule has 12 heteroatoms. The lowest BCUT2D eigenvalue weighted by atomic mass is 10.0. The lowest BCUT2D eigenvalue weighted by molar-refractivity contribution is -0.145. The Hall–Kier alpha value is -4.09. The maximum absolute atomic E-state index is 13.9. The Balaban J connectivity index is 1.59. The van der Waals surface area contributed by atoms with E-state index in [9.17, 15) is 29.1 Å². The van der Waals surface area contributed by atoms with Gasteiger partial charge >= 0.3 is 18.2 Å². The number of aryl methyl sites for hydroxylation is 1. The van der Waals surface area contributed by atoms with Crippen molar-refractivity contribution in [1.29, 1.82) is 0 Å². The fourth-order valence-electron chi connectivity index (χ4n) is 5.83. The third kappa shape index (κ3) is 7.85. The molecule has 4 N–H and O–H groups in total. The van der Waals surface area contributed by atoms with Crippen molar-refractivity contribution in [3.05, 3.63) is 42.5 Å². The van der Waals surface area contributed by atoms with Crippen LogP contribution >= 0.6 is 0 Å². The van der Waals surface area contributed by atoms with Gasteiger partial charge in [-0.1, -0.05) is 56.9 Å². The fraction of sp³-hybridized carbons (Fsp3) is 0.581. The van der Waals surface area contributed by atoms with Crippen LogP contribution in [0, 0.1) is 5.92 Å². The van der Waals surface area contributed by atoms with E-state index in [0.717, 1.165) is 37.7 Å². The number of carboxylic acids is 1. The molecule has 1 aromatic carbocycles. The van der Waals surface area contributed by atoms with Crippen molar-refractivity contribution in [3.8, 4) is 0 Å². The quantitative estimate of drug-likeness (QED) is 0.345. The van der Waals surface area contributed by atoms with Crippen LogP contribution in [-0.2, 0) is 30.3 Å². The standard InChI is InChI=1S/C31H42N4O8/c1-3-5-14-24-27(37)35-19-22(17-25(35)26(36)34-31(28(38)39)18-21(31)4-2)43-30(41)32-23-15-10-9-13-20(23)12-8-6-7-11-16-42-29(40)33-24/h4,9-10,13,15,21-22,24-25H,2-3,5-8,11-12,14,16-19H2,1H3,(H,32,41)(H,33,40)(H,34,36)(H,38,39)/t21-,22+,24-,25-,31-/m0/s1. The summed E-state index contributed by atoms with van der Waals surface area (Å²) >= 11 is 0. The number of ether oxygens (including phenoxy) is 2. The van der Waals surface area contributed by atoms with Crippen LogP contribution in [0.3, 0.4) is 0 Å². The summed E-state index contributed by atoms with van der Waals surface area (Å²) in [6.07, 6.45) is 5.11. The maximum atomic E-state index is 13.9. The zero-order valence-corrected chi connectivity index (χ0v) is 24.6. The number of hydrogen-bond acceptors (Lipinski definition) is 7. The Morgan fingerprint density at radius 1 is 1.16 bits per heavy atom. The van der Waals surface area contributed by atoms with Crippen molar-refractivity contribution in [1.82, 2.24) is 15.5 Å². The number of nitrogens with zero attached hydrogens (tertiary/aromatic N) is 1. The van der Waals surface area contributed by atoms with Crippen LogP contribution in [0.15, 0.2) is 36.9 Å². The maximum Gasteiger partial charge on any atom is 0.411 e. The fourth-order valence-corrected chi connectivity index (χ4v) is 5.83. The molecule has 1 saturated heterocycles. The predicted molar refractivity (Wildman–Crippen MR) is 157 cm³/mol. The summed E-state index contributed by atoms with van der Waals surface area (Å²) in [4.78, 5) is 66.4. The van der Waals surface area contributed by atoms with Crippen molar-refractivity contribution >= 4 is 35.7 Å². The minimum absolute atomic E-state index is 0.0357. The lowest BCUT2D eigenvalue weighted by Gasteiger charge is -2.29. The summed E-state index contributed by atoms with van der Waals surface area (Å²) in [7, 11) is 0. The Bertz CT molecular complexity index is 1220. The van der Waals surface area contributed by atoms with Crippen LogP contribution in [-0.4, -0.2) is 76.9 Å². The smallest absolute Gasteiger partial charge is 0.411 e. The number of carbonyl (C=O) groups is 5. The summed E-state index contributed by atoms with van der Waals surface area (Å²) < 4.78 is 11.1. The molecule has 4 rings (SSSR count). The van der Waals surface area contributed by atoms with E-state index in [1.807, 2.05) is 25.1 Å². The first-order chi connectivity index (χ1) is 20.7. The van der Waals surface area contributed by atoms with Gasteiger partial charge in [0.15, 0.2) is 0 Å². The van der Waals surface area contributed by atoms with Gasteiger partial charge in [-0.05, 0) is 43.7 Å². The van der Waals surface area contributed by atoms with Crippen LogP contribution in [0.2, 0.25) is 0 Å². The molecule has 0 aromatic heterocycles. The van der Waals surface area contributed by atoms with E-state index in [1.165, 1.54) is 11.0 Å². The molecule has 2 heterocycles. The number of hydrogen-bond donors (Lipinski definition) is 4. The number of carbonyl (C=O) groups excluding carboxylic acids is 4. The Labute approximate surface area is 251 Å². The number of cyclic esters (lactones) is 1. The van der Waals surface area contributed by atoms with E-state index in [1.54, 1.807) is 6.07 Å². The molecule has 0 radical (unpaired) electrons. The molecule has 43 heavy (non-hydrogen) atoms. The van der Waals surface area contributed by atoms with E-state index in [4.69, 9.17) is 9.47 Å². The van der Waals surface area contributed by atoms with Gasteiger partial charge in [0.05, 0.1) is 13.2 Å².